The average molecular weight is 358 g/mol. The molecule has 2 aliphatic rings. The zero-order chi connectivity index (χ0) is 18.3. The highest BCUT2D eigenvalue weighted by Crippen LogP contribution is 2.26. The van der Waals surface area contributed by atoms with Crippen molar-refractivity contribution >= 4 is 17.0 Å². The molecule has 1 amide bonds. The highest BCUT2D eigenvalue weighted by atomic mass is 16.3. The Balaban J connectivity index is 1.54. The van der Waals surface area contributed by atoms with E-state index in [-0.39, 0.29) is 17.2 Å². The third-order valence-electron chi connectivity index (χ3n) is 5.82. The molecule has 7 heteroatoms. The van der Waals surface area contributed by atoms with Gasteiger partial charge in [0.2, 0.25) is 5.71 Å². The summed E-state index contributed by atoms with van der Waals surface area (Å²) in [4.78, 5) is 34.2. The van der Waals surface area contributed by atoms with Crippen molar-refractivity contribution in [3.8, 4) is 0 Å². The van der Waals surface area contributed by atoms with Gasteiger partial charge in [0.25, 0.3) is 11.5 Å². The third kappa shape index (κ3) is 2.94. The first-order valence-corrected chi connectivity index (χ1v) is 9.54. The standard InChI is InChI=1S/C19H26N4O3/c1-13-15(16-17(26-13)20-12-21(2)18(16)24)19(25)23-10-6-14(7-11-23)22-8-4-3-5-9-22/h12,14H,3-11H2,1-2H3. The second kappa shape index (κ2) is 6.87. The summed E-state index contributed by atoms with van der Waals surface area (Å²) in [5.74, 6) is 0.363. The van der Waals surface area contributed by atoms with E-state index in [1.54, 1.807) is 14.0 Å². The Morgan fingerprint density at radius 1 is 1.15 bits per heavy atom. The number of rotatable bonds is 2. The van der Waals surface area contributed by atoms with E-state index in [1.807, 2.05) is 4.90 Å². The third-order valence-corrected chi connectivity index (χ3v) is 5.82. The van der Waals surface area contributed by atoms with Crippen LogP contribution in [-0.2, 0) is 7.05 Å². The highest BCUT2D eigenvalue weighted by Gasteiger charge is 2.31. The fourth-order valence-corrected chi connectivity index (χ4v) is 4.32. The molecule has 2 aromatic rings. The molecular weight excluding hydrogens is 332 g/mol. The van der Waals surface area contributed by atoms with Gasteiger partial charge >= 0.3 is 0 Å². The van der Waals surface area contributed by atoms with Crippen LogP contribution in [0.15, 0.2) is 15.5 Å². The number of aryl methyl sites for hydroxylation is 2. The van der Waals surface area contributed by atoms with Gasteiger partial charge in [-0.05, 0) is 45.7 Å². The van der Waals surface area contributed by atoms with Crippen molar-refractivity contribution < 1.29 is 9.21 Å². The molecule has 0 aliphatic carbocycles. The monoisotopic (exact) mass is 358 g/mol. The number of nitrogens with zero attached hydrogens (tertiary/aromatic N) is 4. The molecule has 0 radical (unpaired) electrons. The molecule has 0 aromatic carbocycles. The van der Waals surface area contributed by atoms with Crippen LogP contribution in [-0.4, -0.2) is 57.5 Å². The van der Waals surface area contributed by atoms with Crippen LogP contribution < -0.4 is 5.56 Å². The summed E-state index contributed by atoms with van der Waals surface area (Å²) in [6.45, 7) is 5.56. The lowest BCUT2D eigenvalue weighted by molar-refractivity contribution is 0.0590. The molecule has 0 atom stereocenters. The zero-order valence-corrected chi connectivity index (χ0v) is 15.5. The van der Waals surface area contributed by atoms with Crippen LogP contribution in [0.1, 0.15) is 48.2 Å². The molecule has 0 saturated carbocycles. The fourth-order valence-electron chi connectivity index (χ4n) is 4.32. The quantitative estimate of drug-likeness (QED) is 0.820. The maximum Gasteiger partial charge on any atom is 0.265 e. The van der Waals surface area contributed by atoms with Gasteiger partial charge in [-0.1, -0.05) is 6.42 Å². The molecule has 0 N–H and O–H groups in total. The molecular formula is C19H26N4O3. The van der Waals surface area contributed by atoms with E-state index < -0.39 is 0 Å². The summed E-state index contributed by atoms with van der Waals surface area (Å²) >= 11 is 0. The number of amides is 1. The van der Waals surface area contributed by atoms with E-state index in [4.69, 9.17) is 4.42 Å². The number of likely N-dealkylation sites (tertiary alicyclic amines) is 2. The molecule has 2 aromatic heterocycles. The Kier molecular flexibility index (Phi) is 4.56. The van der Waals surface area contributed by atoms with Gasteiger partial charge in [-0.15, -0.1) is 0 Å². The van der Waals surface area contributed by atoms with Crippen molar-refractivity contribution in [2.75, 3.05) is 26.2 Å². The van der Waals surface area contributed by atoms with Crippen LogP contribution in [0.4, 0.5) is 0 Å². The van der Waals surface area contributed by atoms with Crippen molar-refractivity contribution in [3.05, 3.63) is 28.0 Å². The van der Waals surface area contributed by atoms with Crippen molar-refractivity contribution in [2.24, 2.45) is 7.05 Å². The predicted molar refractivity (Wildman–Crippen MR) is 98.3 cm³/mol. The van der Waals surface area contributed by atoms with E-state index in [0.29, 0.717) is 22.8 Å². The normalized spacial score (nSPS) is 20.0. The van der Waals surface area contributed by atoms with Gasteiger partial charge in [-0.25, -0.2) is 4.98 Å². The van der Waals surface area contributed by atoms with E-state index in [1.165, 1.54) is 43.2 Å². The molecule has 4 heterocycles. The minimum atomic E-state index is -0.238. The lowest BCUT2D eigenvalue weighted by Gasteiger charge is -2.40. The van der Waals surface area contributed by atoms with Gasteiger partial charge in [0.05, 0.1) is 5.56 Å². The van der Waals surface area contributed by atoms with Gasteiger partial charge in [0.15, 0.2) is 0 Å². The first-order valence-electron chi connectivity index (χ1n) is 9.54. The molecule has 2 saturated heterocycles. The summed E-state index contributed by atoms with van der Waals surface area (Å²) in [5.41, 5.74) is 0.390. The van der Waals surface area contributed by atoms with Gasteiger partial charge in [0.1, 0.15) is 17.5 Å². The van der Waals surface area contributed by atoms with Crippen LogP contribution in [0.3, 0.4) is 0 Å². The number of piperidine rings is 2. The molecule has 0 spiro atoms. The maximum absolute atomic E-state index is 13.1. The summed E-state index contributed by atoms with van der Waals surface area (Å²) in [6, 6.07) is 0.580. The fraction of sp³-hybridized carbons (Fsp3) is 0.632. The second-order valence-corrected chi connectivity index (χ2v) is 7.49. The van der Waals surface area contributed by atoms with Crippen LogP contribution in [0.25, 0.3) is 11.1 Å². The minimum absolute atomic E-state index is 0.108. The van der Waals surface area contributed by atoms with E-state index in [9.17, 15) is 9.59 Å². The van der Waals surface area contributed by atoms with Crippen LogP contribution in [0, 0.1) is 6.92 Å². The lowest BCUT2D eigenvalue weighted by atomic mass is 9.99. The number of furan rings is 1. The summed E-state index contributed by atoms with van der Waals surface area (Å²) in [7, 11) is 1.63. The number of fused-ring (bicyclic) bond motifs is 1. The van der Waals surface area contributed by atoms with Crippen LogP contribution in [0.2, 0.25) is 0 Å². The molecule has 2 aliphatic heterocycles. The molecule has 26 heavy (non-hydrogen) atoms. The van der Waals surface area contributed by atoms with Crippen LogP contribution in [0.5, 0.6) is 0 Å². The number of hydrogen-bond acceptors (Lipinski definition) is 5. The van der Waals surface area contributed by atoms with Crippen molar-refractivity contribution in [1.82, 2.24) is 19.4 Å². The first kappa shape index (κ1) is 17.3. The minimum Gasteiger partial charge on any atom is -0.442 e. The van der Waals surface area contributed by atoms with Gasteiger partial charge in [-0.3, -0.25) is 9.59 Å². The molecule has 0 bridgehead atoms. The summed E-state index contributed by atoms with van der Waals surface area (Å²) < 4.78 is 6.97. The summed E-state index contributed by atoms with van der Waals surface area (Å²) in [6.07, 6.45) is 7.33. The smallest absolute Gasteiger partial charge is 0.265 e. The SMILES string of the molecule is Cc1oc2ncn(C)c(=O)c2c1C(=O)N1CCC(N2CCCCC2)CC1. The van der Waals surface area contributed by atoms with E-state index in [0.717, 1.165) is 25.9 Å². The van der Waals surface area contributed by atoms with Crippen molar-refractivity contribution in [1.29, 1.82) is 0 Å². The topological polar surface area (TPSA) is 71.6 Å². The summed E-state index contributed by atoms with van der Waals surface area (Å²) in [5, 5.41) is 0.302. The Morgan fingerprint density at radius 3 is 2.54 bits per heavy atom. The van der Waals surface area contributed by atoms with Gasteiger partial charge < -0.3 is 18.8 Å². The number of carbonyl (C=O) groups is 1. The molecule has 0 unspecified atom stereocenters. The largest absolute Gasteiger partial charge is 0.442 e. The van der Waals surface area contributed by atoms with Crippen LogP contribution >= 0.6 is 0 Å². The lowest BCUT2D eigenvalue weighted by Crippen LogP contribution is -2.48. The Hall–Kier alpha value is -2.15. The Morgan fingerprint density at radius 2 is 1.85 bits per heavy atom. The molecule has 140 valence electrons. The maximum atomic E-state index is 13.1. The Bertz CT molecular complexity index is 871. The average Bonchev–Trinajstić information content (AvgIpc) is 3.02. The van der Waals surface area contributed by atoms with Gasteiger partial charge in [-0.2, -0.15) is 0 Å². The predicted octanol–water partition coefficient (Wildman–Crippen LogP) is 1.93. The Labute approximate surface area is 152 Å². The first-order chi connectivity index (χ1) is 12.6. The van der Waals surface area contributed by atoms with Crippen molar-refractivity contribution in [2.45, 2.75) is 45.1 Å². The van der Waals surface area contributed by atoms with E-state index in [2.05, 4.69) is 9.88 Å². The second-order valence-electron chi connectivity index (χ2n) is 7.49. The number of carbonyl (C=O) groups excluding carboxylic acids is 1. The number of aromatic nitrogens is 2. The highest BCUT2D eigenvalue weighted by molar-refractivity contribution is 6.06. The zero-order valence-electron chi connectivity index (χ0n) is 15.5. The molecule has 7 nitrogen and oxygen atoms in total. The van der Waals surface area contributed by atoms with E-state index >= 15 is 0 Å². The number of hydrogen-bond donors (Lipinski definition) is 0. The molecule has 2 fully saturated rings. The van der Waals surface area contributed by atoms with Crippen molar-refractivity contribution in [3.63, 3.8) is 0 Å². The molecule has 4 rings (SSSR count). The van der Waals surface area contributed by atoms with Gasteiger partial charge in [0, 0.05) is 26.2 Å².